The van der Waals surface area contributed by atoms with Gasteiger partial charge in [0.1, 0.15) is 0 Å². The molecule has 0 atom stereocenters. The molecule has 2 aromatic rings. The Labute approximate surface area is 134 Å². The highest BCUT2D eigenvalue weighted by molar-refractivity contribution is 9.10. The number of carbonyl (C=O) groups is 1. The lowest BCUT2D eigenvalue weighted by molar-refractivity contribution is 0.0955. The molecule has 0 radical (unpaired) electrons. The molecule has 0 saturated carbocycles. The van der Waals surface area contributed by atoms with Crippen LogP contribution >= 0.6 is 39.1 Å². The number of hydrazone groups is 1. The molecular formula is C14H9BrCl2N2O. The smallest absolute Gasteiger partial charge is 0.267 e. The third-order valence-electron chi connectivity index (χ3n) is 2.40. The monoisotopic (exact) mass is 370 g/mol. The van der Waals surface area contributed by atoms with Crippen molar-refractivity contribution in [1.82, 2.24) is 5.43 Å². The lowest BCUT2D eigenvalue weighted by atomic mass is 10.2. The summed E-state index contributed by atoms with van der Waals surface area (Å²) in [5.41, 5.74) is 3.60. The first-order valence-electron chi connectivity index (χ1n) is 5.60. The molecule has 0 fully saturated rings. The van der Waals surface area contributed by atoms with Crippen molar-refractivity contribution in [1.29, 1.82) is 0 Å². The van der Waals surface area contributed by atoms with Crippen LogP contribution in [0.2, 0.25) is 10.0 Å². The van der Waals surface area contributed by atoms with Gasteiger partial charge in [-0.05, 0) is 35.9 Å². The van der Waals surface area contributed by atoms with Gasteiger partial charge in [-0.15, -0.1) is 0 Å². The van der Waals surface area contributed by atoms with Crippen LogP contribution in [0.25, 0.3) is 0 Å². The Bertz CT molecular complexity index is 674. The fraction of sp³-hybridized carbons (Fsp3) is 0. The Kier molecular flexibility index (Phi) is 5.17. The lowest BCUT2D eigenvalue weighted by Crippen LogP contribution is -2.18. The van der Waals surface area contributed by atoms with Crippen molar-refractivity contribution in [2.24, 2.45) is 5.10 Å². The van der Waals surface area contributed by atoms with Gasteiger partial charge in [-0.3, -0.25) is 4.79 Å². The molecule has 0 aliphatic rings. The van der Waals surface area contributed by atoms with E-state index in [1.165, 1.54) is 6.07 Å². The zero-order valence-electron chi connectivity index (χ0n) is 10.1. The zero-order chi connectivity index (χ0) is 14.5. The standard InChI is InChI=1S/C14H9BrCl2N2O/c15-10-3-1-2-9(6-10)8-18-19-14(20)12-5-4-11(16)7-13(12)17/h1-8H,(H,19,20)/b18-8+. The fourth-order valence-electron chi connectivity index (χ4n) is 1.49. The van der Waals surface area contributed by atoms with E-state index in [1.807, 2.05) is 24.3 Å². The molecule has 0 bridgehead atoms. The third kappa shape index (κ3) is 4.07. The molecule has 0 saturated heterocycles. The summed E-state index contributed by atoms with van der Waals surface area (Å²) >= 11 is 15.1. The number of benzene rings is 2. The van der Waals surface area contributed by atoms with Crippen molar-refractivity contribution in [2.45, 2.75) is 0 Å². The summed E-state index contributed by atoms with van der Waals surface area (Å²) in [6, 6.07) is 12.2. The summed E-state index contributed by atoms with van der Waals surface area (Å²) in [7, 11) is 0. The molecule has 0 aliphatic heterocycles. The van der Waals surface area contributed by atoms with E-state index >= 15 is 0 Å². The first-order valence-corrected chi connectivity index (χ1v) is 7.15. The average Bonchev–Trinajstić information content (AvgIpc) is 2.38. The van der Waals surface area contributed by atoms with Crippen LogP contribution in [0.15, 0.2) is 52.0 Å². The summed E-state index contributed by atoms with van der Waals surface area (Å²) in [6.45, 7) is 0. The second-order valence-electron chi connectivity index (χ2n) is 3.88. The van der Waals surface area contributed by atoms with E-state index in [-0.39, 0.29) is 5.02 Å². The molecule has 6 heteroatoms. The van der Waals surface area contributed by atoms with Crippen LogP contribution in [0.5, 0.6) is 0 Å². The molecule has 0 spiro atoms. The Morgan fingerprint density at radius 3 is 2.70 bits per heavy atom. The Balaban J connectivity index is 2.05. The van der Waals surface area contributed by atoms with E-state index in [9.17, 15) is 4.79 Å². The quantitative estimate of drug-likeness (QED) is 0.625. The van der Waals surface area contributed by atoms with Crippen LogP contribution in [-0.2, 0) is 0 Å². The SMILES string of the molecule is O=C(N/N=C/c1cccc(Br)c1)c1ccc(Cl)cc1Cl. The predicted octanol–water partition coefficient (Wildman–Crippen LogP) is 4.52. The van der Waals surface area contributed by atoms with Gasteiger partial charge < -0.3 is 0 Å². The van der Waals surface area contributed by atoms with Crippen molar-refractivity contribution < 1.29 is 4.79 Å². The van der Waals surface area contributed by atoms with Crippen LogP contribution in [-0.4, -0.2) is 12.1 Å². The molecule has 0 aromatic heterocycles. The number of rotatable bonds is 3. The van der Waals surface area contributed by atoms with Crippen LogP contribution in [0, 0.1) is 0 Å². The number of amides is 1. The van der Waals surface area contributed by atoms with E-state index in [1.54, 1.807) is 18.3 Å². The minimum atomic E-state index is -0.391. The van der Waals surface area contributed by atoms with Gasteiger partial charge in [0.25, 0.3) is 5.91 Å². The van der Waals surface area contributed by atoms with Gasteiger partial charge in [-0.1, -0.05) is 51.3 Å². The van der Waals surface area contributed by atoms with Crippen molar-refractivity contribution in [3.8, 4) is 0 Å². The van der Waals surface area contributed by atoms with Gasteiger partial charge >= 0.3 is 0 Å². The summed E-state index contributed by atoms with van der Waals surface area (Å²) in [4.78, 5) is 11.9. The van der Waals surface area contributed by atoms with Gasteiger partial charge in [0.15, 0.2) is 0 Å². The van der Waals surface area contributed by atoms with Gasteiger partial charge in [-0.25, -0.2) is 5.43 Å². The molecule has 2 aromatic carbocycles. The number of hydrogen-bond donors (Lipinski definition) is 1. The maximum atomic E-state index is 11.9. The summed E-state index contributed by atoms with van der Waals surface area (Å²) in [5.74, 6) is -0.391. The third-order valence-corrected chi connectivity index (χ3v) is 3.45. The minimum Gasteiger partial charge on any atom is -0.267 e. The molecule has 102 valence electrons. The molecule has 0 heterocycles. The maximum absolute atomic E-state index is 11.9. The van der Waals surface area contributed by atoms with Crippen LogP contribution in [0.1, 0.15) is 15.9 Å². The number of hydrogen-bond acceptors (Lipinski definition) is 2. The van der Waals surface area contributed by atoms with Crippen molar-refractivity contribution >= 4 is 51.3 Å². The molecule has 1 N–H and O–H groups in total. The maximum Gasteiger partial charge on any atom is 0.272 e. The van der Waals surface area contributed by atoms with E-state index in [4.69, 9.17) is 23.2 Å². The normalized spacial score (nSPS) is 10.8. The van der Waals surface area contributed by atoms with E-state index in [0.29, 0.717) is 10.6 Å². The zero-order valence-corrected chi connectivity index (χ0v) is 13.2. The van der Waals surface area contributed by atoms with E-state index in [2.05, 4.69) is 26.5 Å². The highest BCUT2D eigenvalue weighted by Crippen LogP contribution is 2.20. The summed E-state index contributed by atoms with van der Waals surface area (Å²) in [6.07, 6.45) is 1.55. The van der Waals surface area contributed by atoms with Crippen molar-refractivity contribution in [2.75, 3.05) is 0 Å². The highest BCUT2D eigenvalue weighted by Gasteiger charge is 2.09. The van der Waals surface area contributed by atoms with Crippen LogP contribution in [0.4, 0.5) is 0 Å². The lowest BCUT2D eigenvalue weighted by Gasteiger charge is -2.02. The van der Waals surface area contributed by atoms with Crippen LogP contribution < -0.4 is 5.43 Å². The number of nitrogens with one attached hydrogen (secondary N) is 1. The first kappa shape index (κ1) is 15.0. The van der Waals surface area contributed by atoms with Crippen molar-refractivity contribution in [3.63, 3.8) is 0 Å². The Morgan fingerprint density at radius 1 is 1.20 bits per heavy atom. The number of halogens is 3. The molecule has 0 aliphatic carbocycles. The molecule has 20 heavy (non-hydrogen) atoms. The topological polar surface area (TPSA) is 41.5 Å². The molecule has 2 rings (SSSR count). The van der Waals surface area contributed by atoms with E-state index < -0.39 is 5.91 Å². The predicted molar refractivity (Wildman–Crippen MR) is 85.7 cm³/mol. The fourth-order valence-corrected chi connectivity index (χ4v) is 2.40. The van der Waals surface area contributed by atoms with Gasteiger partial charge in [0.05, 0.1) is 16.8 Å². The molecule has 1 amide bonds. The Morgan fingerprint density at radius 2 is 2.00 bits per heavy atom. The molecular weight excluding hydrogens is 363 g/mol. The summed E-state index contributed by atoms with van der Waals surface area (Å²) in [5, 5.41) is 4.65. The van der Waals surface area contributed by atoms with E-state index in [0.717, 1.165) is 10.0 Å². The highest BCUT2D eigenvalue weighted by atomic mass is 79.9. The van der Waals surface area contributed by atoms with Gasteiger partial charge in [0.2, 0.25) is 0 Å². The molecule has 3 nitrogen and oxygen atoms in total. The minimum absolute atomic E-state index is 0.285. The second kappa shape index (κ2) is 6.88. The van der Waals surface area contributed by atoms with Gasteiger partial charge in [-0.2, -0.15) is 5.10 Å². The van der Waals surface area contributed by atoms with Crippen molar-refractivity contribution in [3.05, 3.63) is 68.1 Å². The average molecular weight is 372 g/mol. The van der Waals surface area contributed by atoms with Crippen LogP contribution in [0.3, 0.4) is 0 Å². The summed E-state index contributed by atoms with van der Waals surface area (Å²) < 4.78 is 0.938. The molecule has 0 unspecified atom stereocenters. The number of carbonyl (C=O) groups excluding carboxylic acids is 1. The largest absolute Gasteiger partial charge is 0.272 e. The number of nitrogens with zero attached hydrogens (tertiary/aromatic N) is 1. The second-order valence-corrected chi connectivity index (χ2v) is 5.64. The first-order chi connectivity index (χ1) is 9.56. The van der Waals surface area contributed by atoms with Gasteiger partial charge in [0, 0.05) is 9.50 Å². The Hall–Kier alpha value is -1.36.